The molecule has 0 fully saturated rings. The van der Waals surface area contributed by atoms with E-state index in [4.69, 9.17) is 5.11 Å². The number of amides is 1. The summed E-state index contributed by atoms with van der Waals surface area (Å²) in [6.07, 6.45) is 0. The van der Waals surface area contributed by atoms with Gasteiger partial charge in [0.15, 0.2) is 0 Å². The molecule has 0 unspecified atom stereocenters. The van der Waals surface area contributed by atoms with Gasteiger partial charge in [-0.25, -0.2) is 4.39 Å². The third kappa shape index (κ3) is 3.68. The van der Waals surface area contributed by atoms with Crippen LogP contribution in [0.15, 0.2) is 42.5 Å². The van der Waals surface area contributed by atoms with Crippen molar-refractivity contribution >= 4 is 11.6 Å². The number of para-hydroxylation sites is 1. The van der Waals surface area contributed by atoms with Crippen LogP contribution in [-0.2, 0) is 0 Å². The van der Waals surface area contributed by atoms with E-state index in [1.807, 2.05) is 0 Å². The number of hydrogen-bond acceptors (Lipinski definition) is 2. The molecule has 106 valence electrons. The van der Waals surface area contributed by atoms with E-state index in [9.17, 15) is 9.18 Å². The molecule has 2 aromatic rings. The zero-order chi connectivity index (χ0) is 15.2. The molecule has 2 N–H and O–H groups in total. The van der Waals surface area contributed by atoms with Gasteiger partial charge in [0.1, 0.15) is 12.4 Å². The fourth-order valence-electron chi connectivity index (χ4n) is 1.86. The molecule has 0 saturated heterocycles. The second-order valence-corrected chi connectivity index (χ2v) is 4.42. The maximum atomic E-state index is 13.3. The van der Waals surface area contributed by atoms with Gasteiger partial charge in [0, 0.05) is 11.1 Å². The monoisotopic (exact) mass is 283 g/mol. The van der Waals surface area contributed by atoms with Crippen LogP contribution in [0.2, 0.25) is 0 Å². The number of aryl methyl sites for hydroxylation is 1. The van der Waals surface area contributed by atoms with Gasteiger partial charge in [-0.2, -0.15) is 0 Å². The zero-order valence-corrected chi connectivity index (χ0v) is 11.5. The van der Waals surface area contributed by atoms with Crippen molar-refractivity contribution in [3.63, 3.8) is 0 Å². The minimum absolute atomic E-state index is 0.259. The highest BCUT2D eigenvalue weighted by atomic mass is 19.1. The molecule has 0 heterocycles. The lowest BCUT2D eigenvalue weighted by atomic mass is 10.1. The highest BCUT2D eigenvalue weighted by Gasteiger charge is 2.11. The van der Waals surface area contributed by atoms with Gasteiger partial charge in [0.2, 0.25) is 0 Å². The quantitative estimate of drug-likeness (QED) is 0.833. The van der Waals surface area contributed by atoms with Gasteiger partial charge in [0.25, 0.3) is 5.91 Å². The van der Waals surface area contributed by atoms with Crippen LogP contribution in [0.4, 0.5) is 10.1 Å². The summed E-state index contributed by atoms with van der Waals surface area (Å²) in [6, 6.07) is 11.1. The summed E-state index contributed by atoms with van der Waals surface area (Å²) in [5.41, 5.74) is 2.08. The van der Waals surface area contributed by atoms with E-state index in [1.54, 1.807) is 37.3 Å². The van der Waals surface area contributed by atoms with E-state index >= 15 is 0 Å². The van der Waals surface area contributed by atoms with Gasteiger partial charge in [-0.05, 0) is 36.8 Å². The smallest absolute Gasteiger partial charge is 0.256 e. The number of carbonyl (C=O) groups excluding carboxylic acids is 1. The van der Waals surface area contributed by atoms with Crippen molar-refractivity contribution in [3.05, 3.63) is 65.0 Å². The van der Waals surface area contributed by atoms with Gasteiger partial charge in [0.05, 0.1) is 5.69 Å². The molecule has 2 aromatic carbocycles. The Morgan fingerprint density at radius 1 is 1.29 bits per heavy atom. The molecule has 3 nitrogen and oxygen atoms in total. The van der Waals surface area contributed by atoms with Crippen LogP contribution >= 0.6 is 0 Å². The van der Waals surface area contributed by atoms with Gasteiger partial charge < -0.3 is 10.4 Å². The minimum atomic E-state index is -0.459. The molecule has 0 bridgehead atoms. The molecule has 0 aromatic heterocycles. The van der Waals surface area contributed by atoms with E-state index in [1.165, 1.54) is 12.1 Å². The number of carbonyl (C=O) groups is 1. The molecule has 4 heteroatoms. The summed E-state index contributed by atoms with van der Waals surface area (Å²) in [7, 11) is 0. The van der Waals surface area contributed by atoms with Crippen molar-refractivity contribution in [2.45, 2.75) is 6.92 Å². The number of benzene rings is 2. The SMILES string of the molecule is Cc1ccc(F)cc1C(=O)Nc1ccccc1C#CCO. The Kier molecular flexibility index (Phi) is 4.70. The Morgan fingerprint density at radius 3 is 2.81 bits per heavy atom. The van der Waals surface area contributed by atoms with Crippen LogP contribution < -0.4 is 5.32 Å². The molecule has 0 saturated carbocycles. The molecule has 0 atom stereocenters. The lowest BCUT2D eigenvalue weighted by molar-refractivity contribution is 0.102. The maximum Gasteiger partial charge on any atom is 0.256 e. The molecule has 0 radical (unpaired) electrons. The van der Waals surface area contributed by atoms with Gasteiger partial charge >= 0.3 is 0 Å². The number of anilines is 1. The first-order valence-corrected chi connectivity index (χ1v) is 6.38. The summed E-state index contributed by atoms with van der Waals surface area (Å²) in [6.45, 7) is 1.48. The molecule has 0 aliphatic heterocycles. The number of aliphatic hydroxyl groups excluding tert-OH is 1. The number of rotatable bonds is 2. The normalized spacial score (nSPS) is 9.67. The molecule has 0 aliphatic carbocycles. The predicted molar refractivity (Wildman–Crippen MR) is 79.5 cm³/mol. The van der Waals surface area contributed by atoms with Crippen LogP contribution in [0.25, 0.3) is 0 Å². The Labute approximate surface area is 122 Å². The van der Waals surface area contributed by atoms with Crippen molar-refractivity contribution in [2.75, 3.05) is 11.9 Å². The maximum absolute atomic E-state index is 13.3. The Balaban J connectivity index is 2.30. The van der Waals surface area contributed by atoms with Crippen LogP contribution in [-0.4, -0.2) is 17.6 Å². The Bertz CT molecular complexity index is 729. The molecular weight excluding hydrogens is 269 g/mol. The van der Waals surface area contributed by atoms with Gasteiger partial charge in [-0.15, -0.1) is 0 Å². The zero-order valence-electron chi connectivity index (χ0n) is 11.5. The van der Waals surface area contributed by atoms with Crippen molar-refractivity contribution in [2.24, 2.45) is 0 Å². The second kappa shape index (κ2) is 6.69. The van der Waals surface area contributed by atoms with E-state index in [0.717, 1.165) is 0 Å². The molecule has 1 amide bonds. The fourth-order valence-corrected chi connectivity index (χ4v) is 1.86. The summed E-state index contributed by atoms with van der Waals surface area (Å²) < 4.78 is 13.3. The van der Waals surface area contributed by atoms with Crippen molar-refractivity contribution in [1.82, 2.24) is 0 Å². The van der Waals surface area contributed by atoms with Gasteiger partial charge in [-0.1, -0.05) is 30.0 Å². The van der Waals surface area contributed by atoms with E-state index in [0.29, 0.717) is 16.8 Å². The average Bonchev–Trinajstić information content (AvgIpc) is 2.48. The average molecular weight is 283 g/mol. The lowest BCUT2D eigenvalue weighted by Gasteiger charge is -2.09. The van der Waals surface area contributed by atoms with Gasteiger partial charge in [-0.3, -0.25) is 4.79 Å². The van der Waals surface area contributed by atoms with Crippen LogP contribution in [0, 0.1) is 24.6 Å². The molecule has 0 aliphatic rings. The summed E-state index contributed by atoms with van der Waals surface area (Å²) in [4.78, 5) is 12.2. The van der Waals surface area contributed by atoms with E-state index in [-0.39, 0.29) is 12.2 Å². The second-order valence-electron chi connectivity index (χ2n) is 4.42. The standard InChI is InChI=1S/C17H14FNO2/c1-12-8-9-14(18)11-15(12)17(21)19-16-7-3-2-5-13(16)6-4-10-20/h2-3,5,7-9,11,20H,10H2,1H3,(H,19,21). The van der Waals surface area contributed by atoms with E-state index in [2.05, 4.69) is 17.2 Å². The number of halogens is 1. The first kappa shape index (κ1) is 14.8. The minimum Gasteiger partial charge on any atom is -0.384 e. The predicted octanol–water partition coefficient (Wildman–Crippen LogP) is 2.73. The summed E-state index contributed by atoms with van der Waals surface area (Å²) >= 11 is 0. The van der Waals surface area contributed by atoms with Crippen LogP contribution in [0.3, 0.4) is 0 Å². The third-order valence-corrected chi connectivity index (χ3v) is 2.92. The lowest BCUT2D eigenvalue weighted by Crippen LogP contribution is -2.14. The molecule has 21 heavy (non-hydrogen) atoms. The Morgan fingerprint density at radius 2 is 2.05 bits per heavy atom. The molecule has 2 rings (SSSR count). The highest BCUT2D eigenvalue weighted by molar-refractivity contribution is 6.05. The largest absolute Gasteiger partial charge is 0.384 e. The number of nitrogens with one attached hydrogen (secondary N) is 1. The third-order valence-electron chi connectivity index (χ3n) is 2.92. The topological polar surface area (TPSA) is 49.3 Å². The first-order valence-electron chi connectivity index (χ1n) is 6.38. The Hall–Kier alpha value is -2.64. The van der Waals surface area contributed by atoms with Crippen molar-refractivity contribution in [3.8, 4) is 11.8 Å². The molecule has 0 spiro atoms. The van der Waals surface area contributed by atoms with Crippen molar-refractivity contribution < 1.29 is 14.3 Å². The van der Waals surface area contributed by atoms with E-state index < -0.39 is 11.7 Å². The fraction of sp³-hybridized carbons (Fsp3) is 0.118. The van der Waals surface area contributed by atoms with Crippen LogP contribution in [0.1, 0.15) is 21.5 Å². The summed E-state index contributed by atoms with van der Waals surface area (Å²) in [5.74, 6) is 4.43. The highest BCUT2D eigenvalue weighted by Crippen LogP contribution is 2.17. The first-order chi connectivity index (χ1) is 10.1. The van der Waals surface area contributed by atoms with Crippen molar-refractivity contribution in [1.29, 1.82) is 0 Å². The number of aliphatic hydroxyl groups is 1. The number of hydrogen-bond donors (Lipinski definition) is 2. The van der Waals surface area contributed by atoms with Crippen LogP contribution in [0.5, 0.6) is 0 Å². The molecular formula is C17H14FNO2. The summed E-state index contributed by atoms with van der Waals surface area (Å²) in [5, 5.41) is 11.5.